The maximum absolute atomic E-state index is 10.8. The first-order chi connectivity index (χ1) is 10.5. The SMILES string of the molecule is CC(C)(C)c1cc(C[NH+]2CCC[C@@H](O)C2)cc(C(C)(C)C)c1O. The van der Waals surface area contributed by atoms with Crippen LogP contribution in [0.5, 0.6) is 5.75 Å². The van der Waals surface area contributed by atoms with Crippen LogP contribution in [0, 0.1) is 0 Å². The number of benzene rings is 1. The summed E-state index contributed by atoms with van der Waals surface area (Å²) in [5.41, 5.74) is 3.14. The van der Waals surface area contributed by atoms with Crippen molar-refractivity contribution < 1.29 is 15.1 Å². The molecule has 3 nitrogen and oxygen atoms in total. The first kappa shape index (κ1) is 18.3. The van der Waals surface area contributed by atoms with Crippen molar-refractivity contribution in [2.45, 2.75) is 77.9 Å². The molecule has 130 valence electrons. The van der Waals surface area contributed by atoms with Gasteiger partial charge >= 0.3 is 0 Å². The fraction of sp³-hybridized carbons (Fsp3) is 0.700. The second kappa shape index (κ2) is 6.45. The molecule has 0 spiro atoms. The molecule has 1 aromatic carbocycles. The number of rotatable bonds is 2. The number of aliphatic hydroxyl groups excluding tert-OH is 1. The lowest BCUT2D eigenvalue weighted by molar-refractivity contribution is -0.921. The summed E-state index contributed by atoms with van der Waals surface area (Å²) in [5.74, 6) is 0.447. The molecule has 1 heterocycles. The Bertz CT molecular complexity index is 517. The minimum absolute atomic E-state index is 0.0865. The molecule has 3 N–H and O–H groups in total. The van der Waals surface area contributed by atoms with Crippen molar-refractivity contribution in [3.8, 4) is 5.75 Å². The lowest BCUT2D eigenvalue weighted by Crippen LogP contribution is -3.12. The quantitative estimate of drug-likeness (QED) is 0.784. The molecule has 0 aromatic heterocycles. The first-order valence-corrected chi connectivity index (χ1v) is 8.87. The van der Waals surface area contributed by atoms with E-state index in [1.165, 1.54) is 10.5 Å². The van der Waals surface area contributed by atoms with Gasteiger partial charge in [-0.1, -0.05) is 41.5 Å². The average molecular weight is 320 g/mol. The third-order valence-corrected chi connectivity index (χ3v) is 4.83. The Labute approximate surface area is 141 Å². The number of piperidine rings is 1. The smallest absolute Gasteiger partial charge is 0.123 e. The molecule has 1 aliphatic heterocycles. The minimum Gasteiger partial charge on any atom is -0.507 e. The van der Waals surface area contributed by atoms with Gasteiger partial charge in [-0.25, -0.2) is 0 Å². The van der Waals surface area contributed by atoms with Crippen LogP contribution in [0.25, 0.3) is 0 Å². The number of phenols is 1. The maximum Gasteiger partial charge on any atom is 0.123 e. The number of nitrogens with one attached hydrogen (secondary N) is 1. The normalized spacial score (nSPS) is 23.1. The van der Waals surface area contributed by atoms with Crippen LogP contribution in [-0.2, 0) is 17.4 Å². The Morgan fingerprint density at radius 3 is 2.00 bits per heavy atom. The zero-order valence-corrected chi connectivity index (χ0v) is 15.7. The number of quaternary nitrogens is 1. The van der Waals surface area contributed by atoms with Gasteiger partial charge in [0.2, 0.25) is 0 Å². The van der Waals surface area contributed by atoms with E-state index in [9.17, 15) is 10.2 Å². The third kappa shape index (κ3) is 4.48. The van der Waals surface area contributed by atoms with E-state index in [0.29, 0.717) is 5.75 Å². The summed E-state index contributed by atoms with van der Waals surface area (Å²) in [6, 6.07) is 4.33. The van der Waals surface area contributed by atoms with Gasteiger partial charge in [0.25, 0.3) is 0 Å². The first-order valence-electron chi connectivity index (χ1n) is 8.87. The van der Waals surface area contributed by atoms with Gasteiger partial charge in [-0.05, 0) is 35.8 Å². The summed E-state index contributed by atoms with van der Waals surface area (Å²) in [5, 5.41) is 20.7. The highest BCUT2D eigenvalue weighted by Gasteiger charge is 2.28. The number of hydrogen-bond acceptors (Lipinski definition) is 2. The molecule has 23 heavy (non-hydrogen) atoms. The van der Waals surface area contributed by atoms with E-state index in [-0.39, 0.29) is 16.9 Å². The van der Waals surface area contributed by atoms with Gasteiger partial charge in [0.1, 0.15) is 24.9 Å². The standard InChI is InChI=1S/C20H33NO2/c1-19(2,3)16-10-14(11-17(18(16)23)20(4,5)6)12-21-9-7-8-15(22)13-21/h10-11,15,22-23H,7-9,12-13H2,1-6H3/p+1/t15-/m1/s1. The molecule has 0 bridgehead atoms. The van der Waals surface area contributed by atoms with Crippen LogP contribution in [0.15, 0.2) is 12.1 Å². The van der Waals surface area contributed by atoms with Gasteiger partial charge in [0.05, 0.1) is 6.54 Å². The Hall–Kier alpha value is -1.06. The topological polar surface area (TPSA) is 44.9 Å². The molecule has 2 rings (SSSR count). The second-order valence-corrected chi connectivity index (χ2v) is 9.22. The van der Waals surface area contributed by atoms with Crippen molar-refractivity contribution in [3.63, 3.8) is 0 Å². The highest BCUT2D eigenvalue weighted by atomic mass is 16.3. The van der Waals surface area contributed by atoms with Gasteiger partial charge in [-0.2, -0.15) is 0 Å². The van der Waals surface area contributed by atoms with E-state index in [0.717, 1.165) is 43.6 Å². The number of phenolic OH excluding ortho intramolecular Hbond substituents is 1. The van der Waals surface area contributed by atoms with Gasteiger partial charge in [0, 0.05) is 16.7 Å². The van der Waals surface area contributed by atoms with Gasteiger partial charge in [-0.15, -0.1) is 0 Å². The summed E-state index contributed by atoms with van der Waals surface area (Å²) in [4.78, 5) is 1.44. The zero-order valence-electron chi connectivity index (χ0n) is 15.7. The molecule has 0 radical (unpaired) electrons. The van der Waals surface area contributed by atoms with Gasteiger partial charge < -0.3 is 15.1 Å². The molecule has 0 aliphatic carbocycles. The van der Waals surface area contributed by atoms with Crippen molar-refractivity contribution >= 4 is 0 Å². The Kier molecular flexibility index (Phi) is 5.12. The Balaban J connectivity index is 2.39. The Morgan fingerprint density at radius 2 is 1.57 bits per heavy atom. The molecular weight excluding hydrogens is 286 g/mol. The van der Waals surface area contributed by atoms with E-state index in [4.69, 9.17) is 0 Å². The summed E-state index contributed by atoms with van der Waals surface area (Å²) in [6.45, 7) is 15.8. The molecule has 3 heteroatoms. The molecule has 1 aromatic rings. The van der Waals surface area contributed by atoms with Crippen molar-refractivity contribution in [1.29, 1.82) is 0 Å². The molecule has 1 aliphatic rings. The van der Waals surface area contributed by atoms with Crippen LogP contribution in [0.4, 0.5) is 0 Å². The highest BCUT2D eigenvalue weighted by molar-refractivity contribution is 5.49. The van der Waals surface area contributed by atoms with Crippen LogP contribution < -0.4 is 4.90 Å². The van der Waals surface area contributed by atoms with Crippen LogP contribution >= 0.6 is 0 Å². The highest BCUT2D eigenvalue weighted by Crippen LogP contribution is 2.39. The lowest BCUT2D eigenvalue weighted by atomic mass is 9.78. The Morgan fingerprint density at radius 1 is 1.04 bits per heavy atom. The monoisotopic (exact) mass is 320 g/mol. The zero-order chi connectivity index (χ0) is 17.4. The maximum atomic E-state index is 10.8. The third-order valence-electron chi connectivity index (χ3n) is 4.83. The molecule has 1 saturated heterocycles. The molecule has 1 fully saturated rings. The number of hydrogen-bond donors (Lipinski definition) is 3. The van der Waals surface area contributed by atoms with Gasteiger partial charge in [-0.3, -0.25) is 0 Å². The fourth-order valence-corrected chi connectivity index (χ4v) is 3.51. The van der Waals surface area contributed by atoms with E-state index in [1.807, 2.05) is 0 Å². The van der Waals surface area contributed by atoms with Crippen molar-refractivity contribution in [2.75, 3.05) is 13.1 Å². The molecule has 0 saturated carbocycles. The molecule has 0 amide bonds. The van der Waals surface area contributed by atoms with Crippen molar-refractivity contribution in [3.05, 3.63) is 28.8 Å². The van der Waals surface area contributed by atoms with E-state index in [1.54, 1.807) is 0 Å². The number of likely N-dealkylation sites (tertiary alicyclic amines) is 1. The molecular formula is C20H34NO2+. The van der Waals surface area contributed by atoms with Crippen LogP contribution in [0.2, 0.25) is 0 Å². The van der Waals surface area contributed by atoms with Crippen molar-refractivity contribution in [1.82, 2.24) is 0 Å². The van der Waals surface area contributed by atoms with E-state index >= 15 is 0 Å². The average Bonchev–Trinajstić information content (AvgIpc) is 2.38. The predicted molar refractivity (Wildman–Crippen MR) is 95.1 cm³/mol. The van der Waals surface area contributed by atoms with E-state index in [2.05, 4.69) is 53.7 Å². The molecule has 1 unspecified atom stereocenters. The second-order valence-electron chi connectivity index (χ2n) is 9.22. The van der Waals surface area contributed by atoms with E-state index < -0.39 is 0 Å². The number of aliphatic hydroxyl groups is 1. The number of aromatic hydroxyl groups is 1. The summed E-state index contributed by atoms with van der Waals surface area (Å²) < 4.78 is 0. The molecule has 2 atom stereocenters. The fourth-order valence-electron chi connectivity index (χ4n) is 3.51. The minimum atomic E-state index is -0.167. The van der Waals surface area contributed by atoms with Crippen LogP contribution in [-0.4, -0.2) is 29.4 Å². The van der Waals surface area contributed by atoms with Crippen LogP contribution in [0.3, 0.4) is 0 Å². The summed E-state index contributed by atoms with van der Waals surface area (Å²) >= 11 is 0. The largest absolute Gasteiger partial charge is 0.507 e. The van der Waals surface area contributed by atoms with Crippen molar-refractivity contribution in [2.24, 2.45) is 0 Å². The van der Waals surface area contributed by atoms with Gasteiger partial charge in [0.15, 0.2) is 0 Å². The summed E-state index contributed by atoms with van der Waals surface area (Å²) in [6.07, 6.45) is 1.85. The lowest BCUT2D eigenvalue weighted by Gasteiger charge is -2.30. The predicted octanol–water partition coefficient (Wildman–Crippen LogP) is 2.53. The summed E-state index contributed by atoms with van der Waals surface area (Å²) in [7, 11) is 0. The van der Waals surface area contributed by atoms with Crippen LogP contribution in [0.1, 0.15) is 71.1 Å².